The number of hydrogen-bond donors (Lipinski definition) is 1. The minimum atomic E-state index is 0.147. The van der Waals surface area contributed by atoms with Crippen LogP contribution in [0.4, 0.5) is 0 Å². The van der Waals surface area contributed by atoms with E-state index in [4.69, 9.17) is 4.74 Å². The van der Waals surface area contributed by atoms with Crippen LogP contribution in [0, 0.1) is 6.92 Å². The summed E-state index contributed by atoms with van der Waals surface area (Å²) in [4.78, 5) is 17.1. The molecule has 0 spiro atoms. The highest BCUT2D eigenvalue weighted by atomic mass is 16.5. The van der Waals surface area contributed by atoms with Gasteiger partial charge in [-0.15, -0.1) is 0 Å². The van der Waals surface area contributed by atoms with E-state index in [0.717, 1.165) is 57.7 Å². The SMILES string of the molecule is Cc1cccc(OCCCCC(=O)NCCCN2CCN(C)CC2c2ccccc2)c1. The second-order valence-electron chi connectivity index (χ2n) is 8.55. The number of aryl methyl sites for hydroxylation is 1. The first-order valence-corrected chi connectivity index (χ1v) is 11.6. The molecule has 0 radical (unpaired) electrons. The highest BCUT2D eigenvalue weighted by Gasteiger charge is 2.25. The quantitative estimate of drug-likeness (QED) is 0.554. The van der Waals surface area contributed by atoms with Gasteiger partial charge in [0, 0.05) is 45.2 Å². The molecule has 2 aromatic carbocycles. The fourth-order valence-corrected chi connectivity index (χ4v) is 4.10. The molecule has 0 aromatic heterocycles. The molecule has 1 atom stereocenters. The van der Waals surface area contributed by atoms with Crippen molar-refractivity contribution in [3.63, 3.8) is 0 Å². The normalized spacial score (nSPS) is 17.4. The van der Waals surface area contributed by atoms with E-state index >= 15 is 0 Å². The van der Waals surface area contributed by atoms with E-state index in [9.17, 15) is 4.79 Å². The first kappa shape index (κ1) is 23.3. The molecule has 2 aromatic rings. The standard InChI is InChI=1S/C26H37N3O2/c1-22-10-8-13-24(20-22)31-19-7-6-14-26(30)27-15-9-16-29-18-17-28(2)21-25(29)23-11-4-3-5-12-23/h3-5,8,10-13,20,25H,6-7,9,14-19,21H2,1-2H3,(H,27,30). The predicted molar refractivity (Wildman–Crippen MR) is 126 cm³/mol. The molecule has 31 heavy (non-hydrogen) atoms. The third-order valence-corrected chi connectivity index (χ3v) is 5.88. The van der Waals surface area contributed by atoms with Crippen LogP contribution in [0.2, 0.25) is 0 Å². The number of amides is 1. The molecule has 1 amide bonds. The number of benzene rings is 2. The van der Waals surface area contributed by atoms with E-state index < -0.39 is 0 Å². The van der Waals surface area contributed by atoms with Crippen molar-refractivity contribution in [2.24, 2.45) is 0 Å². The maximum Gasteiger partial charge on any atom is 0.219 e. The lowest BCUT2D eigenvalue weighted by molar-refractivity contribution is -0.121. The van der Waals surface area contributed by atoms with Crippen LogP contribution in [0.3, 0.4) is 0 Å². The van der Waals surface area contributed by atoms with Gasteiger partial charge in [0.2, 0.25) is 5.91 Å². The Morgan fingerprint density at radius 3 is 2.71 bits per heavy atom. The summed E-state index contributed by atoms with van der Waals surface area (Å²) in [5.41, 5.74) is 2.58. The van der Waals surface area contributed by atoms with Crippen molar-refractivity contribution >= 4 is 5.91 Å². The van der Waals surface area contributed by atoms with Crippen molar-refractivity contribution in [2.45, 2.75) is 38.6 Å². The Kier molecular flexibility index (Phi) is 9.38. The number of likely N-dealkylation sites (N-methyl/N-ethyl adjacent to an activating group) is 1. The molecule has 5 nitrogen and oxygen atoms in total. The molecule has 0 saturated carbocycles. The number of nitrogens with one attached hydrogen (secondary N) is 1. The van der Waals surface area contributed by atoms with Gasteiger partial charge in [0.25, 0.3) is 0 Å². The Bertz CT molecular complexity index is 796. The Morgan fingerprint density at radius 1 is 1.06 bits per heavy atom. The highest BCUT2D eigenvalue weighted by molar-refractivity contribution is 5.75. The first-order valence-electron chi connectivity index (χ1n) is 11.6. The van der Waals surface area contributed by atoms with Gasteiger partial charge < -0.3 is 15.0 Å². The third kappa shape index (κ3) is 8.00. The number of carbonyl (C=O) groups is 1. The minimum absolute atomic E-state index is 0.147. The molecule has 1 aliphatic heterocycles. The van der Waals surface area contributed by atoms with Crippen LogP contribution in [0.1, 0.15) is 42.9 Å². The number of hydrogen-bond acceptors (Lipinski definition) is 4. The van der Waals surface area contributed by atoms with Gasteiger partial charge in [0.15, 0.2) is 0 Å². The molecule has 1 aliphatic rings. The van der Waals surface area contributed by atoms with Crippen LogP contribution in [0.25, 0.3) is 0 Å². The maximum atomic E-state index is 12.1. The molecule has 5 heteroatoms. The number of rotatable bonds is 11. The maximum absolute atomic E-state index is 12.1. The molecule has 1 heterocycles. The third-order valence-electron chi connectivity index (χ3n) is 5.88. The van der Waals surface area contributed by atoms with Crippen molar-refractivity contribution in [3.8, 4) is 5.75 Å². The highest BCUT2D eigenvalue weighted by Crippen LogP contribution is 2.24. The summed E-state index contributed by atoms with van der Waals surface area (Å²) < 4.78 is 5.75. The van der Waals surface area contributed by atoms with Crippen LogP contribution in [-0.2, 0) is 4.79 Å². The van der Waals surface area contributed by atoms with Gasteiger partial charge in [-0.05, 0) is 56.5 Å². The summed E-state index contributed by atoms with van der Waals surface area (Å²) in [5, 5.41) is 3.08. The number of carbonyl (C=O) groups excluding carboxylic acids is 1. The summed E-state index contributed by atoms with van der Waals surface area (Å²) >= 11 is 0. The van der Waals surface area contributed by atoms with E-state index in [2.05, 4.69) is 65.5 Å². The molecular formula is C26H37N3O2. The fraction of sp³-hybridized carbons (Fsp3) is 0.500. The number of piperazine rings is 1. The van der Waals surface area contributed by atoms with Crippen LogP contribution in [0.15, 0.2) is 54.6 Å². The van der Waals surface area contributed by atoms with Crippen molar-refractivity contribution in [2.75, 3.05) is 46.4 Å². The van der Waals surface area contributed by atoms with Gasteiger partial charge in [-0.25, -0.2) is 0 Å². The van der Waals surface area contributed by atoms with Gasteiger partial charge in [-0.2, -0.15) is 0 Å². The zero-order valence-corrected chi connectivity index (χ0v) is 19.1. The Hall–Kier alpha value is -2.37. The van der Waals surface area contributed by atoms with Crippen molar-refractivity contribution in [1.82, 2.24) is 15.1 Å². The van der Waals surface area contributed by atoms with Gasteiger partial charge in [-0.1, -0.05) is 42.5 Å². The number of ether oxygens (including phenoxy) is 1. The molecule has 3 rings (SSSR count). The minimum Gasteiger partial charge on any atom is -0.494 e. The molecular weight excluding hydrogens is 386 g/mol. The van der Waals surface area contributed by atoms with Crippen LogP contribution < -0.4 is 10.1 Å². The number of nitrogens with zero attached hydrogens (tertiary/aromatic N) is 2. The van der Waals surface area contributed by atoms with Crippen molar-refractivity contribution < 1.29 is 9.53 Å². The Labute approximate surface area is 187 Å². The smallest absolute Gasteiger partial charge is 0.219 e. The fourth-order valence-electron chi connectivity index (χ4n) is 4.10. The molecule has 0 aliphatic carbocycles. The lowest BCUT2D eigenvalue weighted by atomic mass is 10.0. The van der Waals surface area contributed by atoms with E-state index in [1.807, 2.05) is 18.2 Å². The molecule has 1 unspecified atom stereocenters. The van der Waals surface area contributed by atoms with Crippen molar-refractivity contribution in [3.05, 3.63) is 65.7 Å². The van der Waals surface area contributed by atoms with E-state index in [0.29, 0.717) is 19.1 Å². The first-order chi connectivity index (χ1) is 15.1. The summed E-state index contributed by atoms with van der Waals surface area (Å²) in [6, 6.07) is 19.3. The van der Waals surface area contributed by atoms with Crippen LogP contribution in [-0.4, -0.2) is 62.1 Å². The van der Waals surface area contributed by atoms with E-state index in [1.165, 1.54) is 11.1 Å². The average Bonchev–Trinajstić information content (AvgIpc) is 2.78. The monoisotopic (exact) mass is 423 g/mol. The second kappa shape index (κ2) is 12.5. The van der Waals surface area contributed by atoms with Gasteiger partial charge in [0.05, 0.1) is 6.61 Å². The zero-order chi connectivity index (χ0) is 21.9. The Morgan fingerprint density at radius 2 is 1.90 bits per heavy atom. The van der Waals surface area contributed by atoms with E-state index in [-0.39, 0.29) is 5.91 Å². The predicted octanol–water partition coefficient (Wildman–Crippen LogP) is 4.04. The second-order valence-corrected chi connectivity index (χ2v) is 8.55. The average molecular weight is 424 g/mol. The summed E-state index contributed by atoms with van der Waals surface area (Å²) in [7, 11) is 2.19. The molecule has 1 N–H and O–H groups in total. The molecule has 0 bridgehead atoms. The van der Waals surface area contributed by atoms with Gasteiger partial charge >= 0.3 is 0 Å². The largest absolute Gasteiger partial charge is 0.494 e. The van der Waals surface area contributed by atoms with E-state index in [1.54, 1.807) is 0 Å². The van der Waals surface area contributed by atoms with Crippen molar-refractivity contribution in [1.29, 1.82) is 0 Å². The molecule has 1 fully saturated rings. The van der Waals surface area contributed by atoms with Gasteiger partial charge in [-0.3, -0.25) is 9.69 Å². The van der Waals surface area contributed by atoms with Crippen LogP contribution >= 0.6 is 0 Å². The lowest BCUT2D eigenvalue weighted by Crippen LogP contribution is -2.47. The topological polar surface area (TPSA) is 44.8 Å². The molecule has 1 saturated heterocycles. The van der Waals surface area contributed by atoms with Crippen LogP contribution in [0.5, 0.6) is 5.75 Å². The summed E-state index contributed by atoms with van der Waals surface area (Å²) in [5.74, 6) is 1.05. The zero-order valence-electron chi connectivity index (χ0n) is 19.1. The number of unbranched alkanes of at least 4 members (excludes halogenated alkanes) is 1. The summed E-state index contributed by atoms with van der Waals surface area (Å²) in [6.07, 6.45) is 3.29. The molecule has 168 valence electrons. The lowest BCUT2D eigenvalue weighted by Gasteiger charge is -2.40. The Balaban J connectivity index is 1.28. The summed E-state index contributed by atoms with van der Waals surface area (Å²) in [6.45, 7) is 7.69. The van der Waals surface area contributed by atoms with Gasteiger partial charge in [0.1, 0.15) is 5.75 Å².